The van der Waals surface area contributed by atoms with Crippen LogP contribution in [0.1, 0.15) is 90.9 Å². The van der Waals surface area contributed by atoms with Gasteiger partial charge in [-0.3, -0.25) is 0 Å². The summed E-state index contributed by atoms with van der Waals surface area (Å²) in [6.07, 6.45) is 19.2. The summed E-state index contributed by atoms with van der Waals surface area (Å²) in [4.78, 5) is 0. The third-order valence-electron chi connectivity index (χ3n) is 7.11. The SMILES string of the molecule is CC(C)C[Si](C1CCCC1)(C1CCCC1)C1CCCC1. The van der Waals surface area contributed by atoms with Crippen LogP contribution in [0.15, 0.2) is 0 Å². The minimum Gasteiger partial charge on any atom is -0.0630 e. The van der Waals surface area contributed by atoms with Crippen molar-refractivity contribution >= 4 is 8.07 Å². The summed E-state index contributed by atoms with van der Waals surface area (Å²) >= 11 is 0. The third kappa shape index (κ3) is 2.76. The summed E-state index contributed by atoms with van der Waals surface area (Å²) < 4.78 is 0. The van der Waals surface area contributed by atoms with Crippen molar-refractivity contribution in [2.75, 3.05) is 0 Å². The van der Waals surface area contributed by atoms with Crippen LogP contribution in [0.2, 0.25) is 22.7 Å². The molecule has 0 saturated heterocycles. The van der Waals surface area contributed by atoms with Gasteiger partial charge in [0.05, 0.1) is 8.07 Å². The number of hydrogen-bond acceptors (Lipinski definition) is 0. The van der Waals surface area contributed by atoms with Gasteiger partial charge in [-0.1, -0.05) is 96.9 Å². The van der Waals surface area contributed by atoms with Gasteiger partial charge in [-0.2, -0.15) is 0 Å². The molecule has 1 heteroatoms. The van der Waals surface area contributed by atoms with Crippen molar-refractivity contribution < 1.29 is 0 Å². The molecule has 0 atom stereocenters. The molecular weight excluding hydrogens is 256 g/mol. The number of rotatable bonds is 5. The average Bonchev–Trinajstić information content (AvgIpc) is 3.15. The first kappa shape index (κ1) is 15.1. The van der Waals surface area contributed by atoms with Gasteiger partial charge in [-0.05, 0) is 22.5 Å². The lowest BCUT2D eigenvalue weighted by atomic mass is 10.3. The van der Waals surface area contributed by atoms with Crippen molar-refractivity contribution in [3.05, 3.63) is 0 Å². The quantitative estimate of drug-likeness (QED) is 0.482. The average molecular weight is 293 g/mol. The van der Waals surface area contributed by atoms with Crippen LogP contribution < -0.4 is 0 Å². The molecule has 0 aliphatic heterocycles. The van der Waals surface area contributed by atoms with E-state index in [1.807, 2.05) is 0 Å². The van der Waals surface area contributed by atoms with Gasteiger partial charge in [0.1, 0.15) is 0 Å². The molecule has 0 unspecified atom stereocenters. The van der Waals surface area contributed by atoms with Crippen LogP contribution in [-0.2, 0) is 0 Å². The summed E-state index contributed by atoms with van der Waals surface area (Å²) in [6.45, 7) is 5.06. The smallest absolute Gasteiger partial charge is 0.0630 e. The van der Waals surface area contributed by atoms with Crippen molar-refractivity contribution in [1.29, 1.82) is 0 Å². The maximum Gasteiger partial charge on any atom is 0.0631 e. The minimum absolute atomic E-state index is 0.962. The molecule has 0 bridgehead atoms. The van der Waals surface area contributed by atoms with Crippen LogP contribution in [0.3, 0.4) is 0 Å². The molecule has 0 aromatic carbocycles. The first-order chi connectivity index (χ1) is 9.73. The van der Waals surface area contributed by atoms with Crippen molar-refractivity contribution in [2.45, 2.75) is 114 Å². The van der Waals surface area contributed by atoms with Crippen molar-refractivity contribution in [2.24, 2.45) is 5.92 Å². The standard InChI is InChI=1S/C19H36Si/c1-16(2)15-20(17-9-3-4-10-17,18-11-5-6-12-18)19-13-7-8-14-19/h16-19H,3-15H2,1-2H3. The zero-order chi connectivity index (χ0) is 14.0. The fourth-order valence-electron chi connectivity index (χ4n) is 6.60. The van der Waals surface area contributed by atoms with E-state index in [1.54, 1.807) is 83.1 Å². The largest absolute Gasteiger partial charge is 0.0631 e. The first-order valence-electron chi connectivity index (χ1n) is 9.73. The lowest BCUT2D eigenvalue weighted by Crippen LogP contribution is -2.48. The van der Waals surface area contributed by atoms with E-state index >= 15 is 0 Å². The fourth-order valence-corrected chi connectivity index (χ4v) is 15.5. The van der Waals surface area contributed by atoms with E-state index in [9.17, 15) is 0 Å². The summed E-state index contributed by atoms with van der Waals surface area (Å²) in [5, 5.41) is 0. The molecule has 3 fully saturated rings. The van der Waals surface area contributed by atoms with E-state index in [1.165, 1.54) is 16.6 Å². The summed E-state index contributed by atoms with van der Waals surface area (Å²) in [5.41, 5.74) is 3.70. The zero-order valence-electron chi connectivity index (χ0n) is 14.0. The van der Waals surface area contributed by atoms with Crippen molar-refractivity contribution in [3.63, 3.8) is 0 Å². The van der Waals surface area contributed by atoms with Gasteiger partial charge in [0.25, 0.3) is 0 Å². The summed E-state index contributed by atoms with van der Waals surface area (Å²) in [7, 11) is -1.06. The first-order valence-corrected chi connectivity index (χ1v) is 12.2. The van der Waals surface area contributed by atoms with Gasteiger partial charge in [0.15, 0.2) is 0 Å². The van der Waals surface area contributed by atoms with Crippen molar-refractivity contribution in [3.8, 4) is 0 Å². The molecule has 116 valence electrons. The van der Waals surface area contributed by atoms with Crippen LogP contribution in [0.5, 0.6) is 0 Å². The van der Waals surface area contributed by atoms with E-state index in [0.29, 0.717) is 0 Å². The highest BCUT2D eigenvalue weighted by Crippen LogP contribution is 2.60. The Labute approximate surface area is 128 Å². The third-order valence-corrected chi connectivity index (χ3v) is 14.9. The van der Waals surface area contributed by atoms with E-state index < -0.39 is 8.07 Å². The van der Waals surface area contributed by atoms with Gasteiger partial charge in [0, 0.05) is 0 Å². The molecule has 3 aliphatic rings. The molecule has 0 amide bonds. The lowest BCUT2D eigenvalue weighted by molar-refractivity contribution is 0.615. The molecule has 3 rings (SSSR count). The Bertz CT molecular complexity index is 250. The van der Waals surface area contributed by atoms with Crippen molar-refractivity contribution in [1.82, 2.24) is 0 Å². The van der Waals surface area contributed by atoms with E-state index in [4.69, 9.17) is 0 Å². The van der Waals surface area contributed by atoms with Gasteiger partial charge in [0.2, 0.25) is 0 Å². The van der Waals surface area contributed by atoms with Gasteiger partial charge in [-0.15, -0.1) is 0 Å². The number of hydrogen-bond donors (Lipinski definition) is 0. The lowest BCUT2D eigenvalue weighted by Gasteiger charge is -2.48. The second kappa shape index (κ2) is 6.54. The Balaban J connectivity index is 1.91. The Hall–Kier alpha value is 0.217. The van der Waals surface area contributed by atoms with Gasteiger partial charge in [-0.25, -0.2) is 0 Å². The maximum atomic E-state index is 2.53. The molecule has 0 aromatic rings. The molecule has 0 radical (unpaired) electrons. The van der Waals surface area contributed by atoms with Crippen LogP contribution in [0.25, 0.3) is 0 Å². The molecule has 0 heterocycles. The molecule has 0 spiro atoms. The van der Waals surface area contributed by atoms with Gasteiger partial charge < -0.3 is 0 Å². The topological polar surface area (TPSA) is 0 Å². The van der Waals surface area contributed by atoms with Crippen LogP contribution in [0.4, 0.5) is 0 Å². The minimum atomic E-state index is -1.06. The monoisotopic (exact) mass is 292 g/mol. The predicted molar refractivity (Wildman–Crippen MR) is 92.1 cm³/mol. The Morgan fingerprint density at radius 3 is 1.20 bits per heavy atom. The van der Waals surface area contributed by atoms with E-state index in [-0.39, 0.29) is 0 Å². The van der Waals surface area contributed by atoms with E-state index in [0.717, 1.165) is 5.92 Å². The molecule has 0 aromatic heterocycles. The van der Waals surface area contributed by atoms with Crippen LogP contribution in [-0.4, -0.2) is 8.07 Å². The normalized spacial score (nSPS) is 27.1. The predicted octanol–water partition coefficient (Wildman–Crippen LogP) is 6.92. The molecule has 0 N–H and O–H groups in total. The second-order valence-electron chi connectivity index (χ2n) is 8.65. The summed E-state index contributed by atoms with van der Waals surface area (Å²) in [6, 6.07) is 1.69. The van der Waals surface area contributed by atoms with Crippen LogP contribution >= 0.6 is 0 Å². The Morgan fingerprint density at radius 2 is 0.950 bits per heavy atom. The summed E-state index contributed by atoms with van der Waals surface area (Å²) in [5.74, 6) is 0.962. The maximum absolute atomic E-state index is 2.53. The Kier molecular flexibility index (Phi) is 4.95. The van der Waals surface area contributed by atoms with Gasteiger partial charge >= 0.3 is 0 Å². The van der Waals surface area contributed by atoms with E-state index in [2.05, 4.69) is 13.8 Å². The zero-order valence-corrected chi connectivity index (χ0v) is 15.0. The highest BCUT2D eigenvalue weighted by Gasteiger charge is 2.53. The fraction of sp³-hybridized carbons (Fsp3) is 1.00. The molecule has 0 nitrogen and oxygen atoms in total. The highest BCUT2D eigenvalue weighted by atomic mass is 28.3. The molecule has 20 heavy (non-hydrogen) atoms. The highest BCUT2D eigenvalue weighted by molar-refractivity contribution is 6.84. The molecule has 3 aliphatic carbocycles. The molecule has 3 saturated carbocycles. The molecular formula is C19H36Si. The second-order valence-corrected chi connectivity index (χ2v) is 13.7. The van der Waals surface area contributed by atoms with Crippen LogP contribution in [0, 0.1) is 5.92 Å². The Morgan fingerprint density at radius 1 is 0.650 bits per heavy atom.